The van der Waals surface area contributed by atoms with Gasteiger partial charge in [0.25, 0.3) is 5.56 Å². The van der Waals surface area contributed by atoms with Crippen LogP contribution in [0.5, 0.6) is 0 Å². The average molecular weight is 282 g/mol. The molecule has 110 valence electrons. The number of hydrogen-bond donors (Lipinski definition) is 1. The number of hydrogen-bond acceptors (Lipinski definition) is 3. The highest BCUT2D eigenvalue weighted by atomic mass is 19.1. The van der Waals surface area contributed by atoms with E-state index in [1.54, 1.807) is 13.8 Å². The third kappa shape index (κ3) is 2.04. The van der Waals surface area contributed by atoms with Crippen molar-refractivity contribution in [1.82, 2.24) is 9.55 Å². The van der Waals surface area contributed by atoms with Crippen molar-refractivity contribution in [3.05, 3.63) is 45.3 Å². The molecule has 5 nitrogen and oxygen atoms in total. The summed E-state index contributed by atoms with van der Waals surface area (Å²) in [6, 6.07) is 1.18. The second kappa shape index (κ2) is 5.01. The Bertz CT molecular complexity index is 636. The number of aromatic amines is 1. The lowest BCUT2D eigenvalue weighted by Gasteiger charge is -2.32. The molecule has 1 saturated heterocycles. The van der Waals surface area contributed by atoms with Crippen molar-refractivity contribution in [2.75, 3.05) is 0 Å². The Morgan fingerprint density at radius 1 is 1.60 bits per heavy atom. The fraction of sp³-hybridized carbons (Fsp3) is 0.571. The lowest BCUT2D eigenvalue weighted by atomic mass is 9.80. The minimum atomic E-state index is -1.35. The van der Waals surface area contributed by atoms with Crippen LogP contribution in [0, 0.1) is 5.92 Å². The molecule has 2 heterocycles. The Morgan fingerprint density at radius 3 is 2.70 bits per heavy atom. The lowest BCUT2D eigenvalue weighted by molar-refractivity contribution is -0.0702. The van der Waals surface area contributed by atoms with Gasteiger partial charge in [-0.1, -0.05) is 20.4 Å². The highest BCUT2D eigenvalue weighted by Gasteiger charge is 2.53. The van der Waals surface area contributed by atoms with Crippen LogP contribution in [0.2, 0.25) is 0 Å². The second-order valence-electron chi connectivity index (χ2n) is 5.28. The van der Waals surface area contributed by atoms with Crippen molar-refractivity contribution in [2.45, 2.75) is 45.2 Å². The zero-order chi connectivity index (χ0) is 15.1. The fourth-order valence-corrected chi connectivity index (χ4v) is 2.93. The molecule has 0 aromatic carbocycles. The zero-order valence-corrected chi connectivity index (χ0v) is 11.9. The maximum Gasteiger partial charge on any atom is 0.330 e. The van der Waals surface area contributed by atoms with Crippen molar-refractivity contribution < 1.29 is 9.13 Å². The summed E-state index contributed by atoms with van der Waals surface area (Å²) < 4.78 is 21.5. The van der Waals surface area contributed by atoms with Crippen LogP contribution in [0.15, 0.2) is 34.0 Å². The van der Waals surface area contributed by atoms with Gasteiger partial charge in [-0.05, 0) is 18.9 Å². The molecule has 0 aliphatic carbocycles. The van der Waals surface area contributed by atoms with E-state index >= 15 is 0 Å². The average Bonchev–Trinajstić information content (AvgIpc) is 2.64. The van der Waals surface area contributed by atoms with Crippen LogP contribution in [0.4, 0.5) is 4.39 Å². The first-order chi connectivity index (χ1) is 9.33. The lowest BCUT2D eigenvalue weighted by Crippen LogP contribution is -2.36. The summed E-state index contributed by atoms with van der Waals surface area (Å²) in [5.74, 6) is -0.422. The van der Waals surface area contributed by atoms with E-state index in [1.165, 1.54) is 12.3 Å². The summed E-state index contributed by atoms with van der Waals surface area (Å²) in [4.78, 5) is 25.0. The molecule has 2 rings (SSSR count). The molecule has 0 spiro atoms. The molecule has 1 aliphatic rings. The Kier molecular flexibility index (Phi) is 3.69. The SMILES string of the molecule is C=C(C)[C@]1(CC)O[C@@H](n2ccc(=O)[nH]c2=O)[C@H](F)[C@@H]1C. The molecule has 0 amide bonds. The number of H-pyrrole nitrogens is 1. The van der Waals surface area contributed by atoms with Crippen molar-refractivity contribution in [3.63, 3.8) is 0 Å². The van der Waals surface area contributed by atoms with Gasteiger partial charge < -0.3 is 4.74 Å². The summed E-state index contributed by atoms with van der Waals surface area (Å²) in [7, 11) is 0. The highest BCUT2D eigenvalue weighted by molar-refractivity contribution is 5.17. The van der Waals surface area contributed by atoms with Crippen LogP contribution >= 0.6 is 0 Å². The molecule has 4 atom stereocenters. The van der Waals surface area contributed by atoms with Gasteiger partial charge in [0.1, 0.15) is 0 Å². The summed E-state index contributed by atoms with van der Waals surface area (Å²) in [6.45, 7) is 9.34. The van der Waals surface area contributed by atoms with E-state index < -0.39 is 35.2 Å². The molecular formula is C14H19FN2O3. The van der Waals surface area contributed by atoms with Gasteiger partial charge in [-0.15, -0.1) is 0 Å². The van der Waals surface area contributed by atoms with Crippen LogP contribution in [0.1, 0.15) is 33.4 Å². The topological polar surface area (TPSA) is 64.1 Å². The van der Waals surface area contributed by atoms with Gasteiger partial charge >= 0.3 is 5.69 Å². The van der Waals surface area contributed by atoms with Crippen molar-refractivity contribution in [1.29, 1.82) is 0 Å². The molecule has 0 unspecified atom stereocenters. The summed E-state index contributed by atoms with van der Waals surface area (Å²) >= 11 is 0. The van der Waals surface area contributed by atoms with Crippen LogP contribution in [-0.2, 0) is 4.74 Å². The molecule has 0 saturated carbocycles. The van der Waals surface area contributed by atoms with E-state index in [4.69, 9.17) is 4.74 Å². The van der Waals surface area contributed by atoms with E-state index in [-0.39, 0.29) is 0 Å². The van der Waals surface area contributed by atoms with E-state index in [0.29, 0.717) is 6.42 Å². The molecule has 1 aromatic rings. The third-order valence-corrected chi connectivity index (χ3v) is 4.19. The van der Waals surface area contributed by atoms with Gasteiger partial charge in [0, 0.05) is 18.2 Å². The fourth-order valence-electron chi connectivity index (χ4n) is 2.93. The van der Waals surface area contributed by atoms with E-state index in [2.05, 4.69) is 11.6 Å². The van der Waals surface area contributed by atoms with E-state index in [0.717, 1.165) is 10.1 Å². The van der Waals surface area contributed by atoms with Crippen molar-refractivity contribution >= 4 is 0 Å². The van der Waals surface area contributed by atoms with Gasteiger partial charge in [0.15, 0.2) is 12.4 Å². The highest BCUT2D eigenvalue weighted by Crippen LogP contribution is 2.48. The van der Waals surface area contributed by atoms with E-state index in [1.807, 2.05) is 6.92 Å². The number of nitrogens with zero attached hydrogens (tertiary/aromatic N) is 1. The van der Waals surface area contributed by atoms with E-state index in [9.17, 15) is 14.0 Å². The monoisotopic (exact) mass is 282 g/mol. The number of alkyl halides is 1. The maximum atomic E-state index is 14.6. The molecule has 1 aliphatic heterocycles. The predicted molar refractivity (Wildman–Crippen MR) is 73.3 cm³/mol. The molecule has 1 N–H and O–H groups in total. The summed E-state index contributed by atoms with van der Waals surface area (Å²) in [5.41, 5.74) is -1.25. The van der Waals surface area contributed by atoms with Crippen LogP contribution in [0.3, 0.4) is 0 Å². The number of aromatic nitrogens is 2. The van der Waals surface area contributed by atoms with Crippen molar-refractivity contribution in [2.24, 2.45) is 5.92 Å². The van der Waals surface area contributed by atoms with Crippen LogP contribution in [0.25, 0.3) is 0 Å². The third-order valence-electron chi connectivity index (χ3n) is 4.19. The largest absolute Gasteiger partial charge is 0.344 e. The maximum absolute atomic E-state index is 14.6. The van der Waals surface area contributed by atoms with Gasteiger partial charge in [-0.25, -0.2) is 9.18 Å². The minimum Gasteiger partial charge on any atom is -0.344 e. The standard InChI is InChI=1S/C14H19FN2O3/c1-5-14(8(2)3)9(4)11(15)12(20-14)17-7-6-10(18)16-13(17)19/h6-7,9,11-12H,2,5H2,1,3-4H3,(H,16,18,19)/t9-,11+,12+,14-/m0/s1. The smallest absolute Gasteiger partial charge is 0.330 e. The normalized spacial score (nSPS) is 33.3. The van der Waals surface area contributed by atoms with Gasteiger partial charge in [-0.2, -0.15) is 0 Å². The predicted octanol–water partition coefficient (Wildman–Crippen LogP) is 1.76. The molecule has 0 bridgehead atoms. The second-order valence-corrected chi connectivity index (χ2v) is 5.28. The molecule has 6 heteroatoms. The Morgan fingerprint density at radius 2 is 2.25 bits per heavy atom. The Hall–Kier alpha value is -1.69. The van der Waals surface area contributed by atoms with Crippen LogP contribution < -0.4 is 11.2 Å². The number of rotatable bonds is 3. The molecular weight excluding hydrogens is 263 g/mol. The van der Waals surface area contributed by atoms with Gasteiger partial charge in [-0.3, -0.25) is 14.3 Å². The Balaban J connectivity index is 2.47. The minimum absolute atomic E-state index is 0.422. The molecule has 1 aromatic heterocycles. The Labute approximate surface area is 116 Å². The first kappa shape index (κ1) is 14.7. The van der Waals surface area contributed by atoms with Gasteiger partial charge in [0.2, 0.25) is 0 Å². The molecule has 1 fully saturated rings. The first-order valence-corrected chi connectivity index (χ1v) is 6.63. The molecule has 0 radical (unpaired) electrons. The molecule has 20 heavy (non-hydrogen) atoms. The number of nitrogens with one attached hydrogen (secondary N) is 1. The number of ether oxygens (including phenoxy) is 1. The quantitative estimate of drug-likeness (QED) is 0.859. The van der Waals surface area contributed by atoms with Gasteiger partial charge in [0.05, 0.1) is 5.60 Å². The number of halogens is 1. The summed E-state index contributed by atoms with van der Waals surface area (Å²) in [5, 5.41) is 0. The zero-order valence-electron chi connectivity index (χ0n) is 11.9. The first-order valence-electron chi connectivity index (χ1n) is 6.63. The summed E-state index contributed by atoms with van der Waals surface area (Å²) in [6.07, 6.45) is -0.574. The van der Waals surface area contributed by atoms with Crippen molar-refractivity contribution in [3.8, 4) is 0 Å². The van der Waals surface area contributed by atoms with Crippen LogP contribution in [-0.4, -0.2) is 21.3 Å².